The molecule has 0 aliphatic carbocycles. The Morgan fingerprint density at radius 3 is 2.95 bits per heavy atom. The molecular weight excluding hydrogens is 294 g/mol. The standard InChI is InChI=1S/C13H15N5O2.ClH/c19-13(10-2-1-5-15-10)16-8-11-17-12(18-20-11)9-3-6-14-7-4-9;/h3-4,6-7,10,15H,1-2,5,8H2,(H,16,19);1H. The molecule has 1 atom stereocenters. The van der Waals surface area contributed by atoms with Gasteiger partial charge in [-0.25, -0.2) is 0 Å². The highest BCUT2D eigenvalue weighted by atomic mass is 35.5. The minimum absolute atomic E-state index is 0. The van der Waals surface area contributed by atoms with Crippen molar-refractivity contribution in [2.75, 3.05) is 6.54 Å². The van der Waals surface area contributed by atoms with Crippen LogP contribution in [-0.2, 0) is 11.3 Å². The topological polar surface area (TPSA) is 92.9 Å². The molecule has 1 saturated heterocycles. The van der Waals surface area contributed by atoms with Crippen molar-refractivity contribution in [1.82, 2.24) is 25.8 Å². The SMILES string of the molecule is Cl.O=C(NCc1nc(-c2ccncc2)no1)C1CCCN1. The monoisotopic (exact) mass is 309 g/mol. The molecule has 1 aliphatic heterocycles. The summed E-state index contributed by atoms with van der Waals surface area (Å²) >= 11 is 0. The number of rotatable bonds is 4. The van der Waals surface area contributed by atoms with Gasteiger partial charge >= 0.3 is 0 Å². The number of hydrogen-bond donors (Lipinski definition) is 2. The molecule has 1 unspecified atom stereocenters. The molecule has 2 aromatic rings. The smallest absolute Gasteiger partial charge is 0.246 e. The van der Waals surface area contributed by atoms with Crippen LogP contribution in [0.5, 0.6) is 0 Å². The molecule has 1 amide bonds. The Bertz CT molecular complexity index is 583. The molecule has 2 aromatic heterocycles. The van der Waals surface area contributed by atoms with Gasteiger partial charge in [-0.15, -0.1) is 12.4 Å². The summed E-state index contributed by atoms with van der Waals surface area (Å²) in [5.41, 5.74) is 0.832. The predicted molar refractivity (Wildman–Crippen MR) is 77.6 cm³/mol. The lowest BCUT2D eigenvalue weighted by Crippen LogP contribution is -2.40. The Kier molecular flexibility index (Phi) is 5.24. The third-order valence-corrected chi connectivity index (χ3v) is 3.20. The summed E-state index contributed by atoms with van der Waals surface area (Å²) in [4.78, 5) is 20.0. The van der Waals surface area contributed by atoms with Crippen LogP contribution < -0.4 is 10.6 Å². The maximum atomic E-state index is 11.8. The molecule has 1 fully saturated rings. The number of amides is 1. The van der Waals surface area contributed by atoms with E-state index in [9.17, 15) is 4.79 Å². The van der Waals surface area contributed by atoms with Crippen molar-refractivity contribution in [2.24, 2.45) is 0 Å². The summed E-state index contributed by atoms with van der Waals surface area (Å²) in [6.45, 7) is 1.14. The van der Waals surface area contributed by atoms with Gasteiger partial charge in [0.1, 0.15) is 0 Å². The molecule has 8 heteroatoms. The van der Waals surface area contributed by atoms with Crippen molar-refractivity contribution in [3.05, 3.63) is 30.4 Å². The fraction of sp³-hybridized carbons (Fsp3) is 0.385. The van der Waals surface area contributed by atoms with E-state index in [2.05, 4.69) is 25.8 Å². The zero-order valence-electron chi connectivity index (χ0n) is 11.3. The quantitative estimate of drug-likeness (QED) is 0.872. The molecule has 0 radical (unpaired) electrons. The van der Waals surface area contributed by atoms with Crippen molar-refractivity contribution < 1.29 is 9.32 Å². The van der Waals surface area contributed by atoms with Gasteiger partial charge in [-0.2, -0.15) is 4.98 Å². The molecular formula is C13H16ClN5O2. The highest BCUT2D eigenvalue weighted by Gasteiger charge is 2.22. The third-order valence-electron chi connectivity index (χ3n) is 3.20. The highest BCUT2D eigenvalue weighted by Crippen LogP contribution is 2.13. The summed E-state index contributed by atoms with van der Waals surface area (Å²) < 4.78 is 5.12. The highest BCUT2D eigenvalue weighted by molar-refractivity contribution is 5.85. The maximum Gasteiger partial charge on any atom is 0.246 e. The van der Waals surface area contributed by atoms with E-state index >= 15 is 0 Å². The van der Waals surface area contributed by atoms with Crippen molar-refractivity contribution in [1.29, 1.82) is 0 Å². The van der Waals surface area contributed by atoms with E-state index in [0.29, 0.717) is 11.7 Å². The van der Waals surface area contributed by atoms with Gasteiger partial charge in [0.15, 0.2) is 0 Å². The van der Waals surface area contributed by atoms with Crippen molar-refractivity contribution in [3.8, 4) is 11.4 Å². The van der Waals surface area contributed by atoms with Crippen LogP contribution in [0.15, 0.2) is 29.0 Å². The second-order valence-electron chi connectivity index (χ2n) is 4.61. The maximum absolute atomic E-state index is 11.8. The summed E-state index contributed by atoms with van der Waals surface area (Å²) in [5.74, 6) is 0.866. The average molecular weight is 310 g/mol. The first-order chi connectivity index (χ1) is 9.83. The Balaban J connectivity index is 0.00000161. The fourth-order valence-electron chi connectivity index (χ4n) is 2.14. The van der Waals surface area contributed by atoms with Crippen LogP contribution in [0.1, 0.15) is 18.7 Å². The minimum Gasteiger partial charge on any atom is -0.346 e. The number of pyridine rings is 1. The predicted octanol–water partition coefficient (Wildman–Crippen LogP) is 0.922. The zero-order chi connectivity index (χ0) is 13.8. The fourth-order valence-corrected chi connectivity index (χ4v) is 2.14. The number of hydrogen-bond acceptors (Lipinski definition) is 6. The first-order valence-electron chi connectivity index (χ1n) is 6.57. The molecule has 1 aliphatic rings. The van der Waals surface area contributed by atoms with Gasteiger partial charge in [-0.05, 0) is 31.5 Å². The summed E-state index contributed by atoms with van der Waals surface area (Å²) in [7, 11) is 0. The van der Waals surface area contributed by atoms with E-state index in [1.807, 2.05) is 0 Å². The van der Waals surface area contributed by atoms with Gasteiger partial charge in [-0.3, -0.25) is 9.78 Å². The Hall–Kier alpha value is -1.99. The van der Waals surface area contributed by atoms with Gasteiger partial charge < -0.3 is 15.2 Å². The number of carbonyl (C=O) groups excluding carboxylic acids is 1. The van der Waals surface area contributed by atoms with Crippen molar-refractivity contribution >= 4 is 18.3 Å². The molecule has 0 spiro atoms. The van der Waals surface area contributed by atoms with E-state index in [0.717, 1.165) is 24.9 Å². The summed E-state index contributed by atoms with van der Waals surface area (Å²) in [6, 6.07) is 3.50. The molecule has 0 aromatic carbocycles. The Morgan fingerprint density at radius 2 is 2.24 bits per heavy atom. The molecule has 3 heterocycles. The number of nitrogens with zero attached hydrogens (tertiary/aromatic N) is 3. The van der Waals surface area contributed by atoms with Crippen molar-refractivity contribution in [2.45, 2.75) is 25.4 Å². The molecule has 0 saturated carbocycles. The molecule has 21 heavy (non-hydrogen) atoms. The van der Waals surface area contributed by atoms with E-state index in [4.69, 9.17) is 4.52 Å². The second-order valence-corrected chi connectivity index (χ2v) is 4.61. The molecule has 3 rings (SSSR count). The molecule has 2 N–H and O–H groups in total. The molecule has 0 bridgehead atoms. The normalized spacial score (nSPS) is 17.2. The number of carbonyl (C=O) groups is 1. The van der Waals surface area contributed by atoms with Crippen molar-refractivity contribution in [3.63, 3.8) is 0 Å². The van der Waals surface area contributed by atoms with E-state index < -0.39 is 0 Å². The number of halogens is 1. The summed E-state index contributed by atoms with van der Waals surface area (Å²) in [5, 5.41) is 9.81. The Morgan fingerprint density at radius 1 is 1.43 bits per heavy atom. The lowest BCUT2D eigenvalue weighted by molar-refractivity contribution is -0.123. The van der Waals surface area contributed by atoms with Gasteiger partial charge in [0.05, 0.1) is 12.6 Å². The van der Waals surface area contributed by atoms with Crippen LogP contribution >= 0.6 is 12.4 Å². The largest absolute Gasteiger partial charge is 0.346 e. The lowest BCUT2D eigenvalue weighted by atomic mass is 10.2. The Labute approximate surface area is 127 Å². The van der Waals surface area contributed by atoms with Gasteiger partial charge in [0, 0.05) is 18.0 Å². The van der Waals surface area contributed by atoms with Crippen LogP contribution in [-0.4, -0.2) is 33.6 Å². The minimum atomic E-state index is -0.0995. The van der Waals surface area contributed by atoms with Gasteiger partial charge in [0.2, 0.25) is 17.6 Å². The number of nitrogens with one attached hydrogen (secondary N) is 2. The second kappa shape index (κ2) is 7.14. The summed E-state index contributed by atoms with van der Waals surface area (Å²) in [6.07, 6.45) is 5.24. The first kappa shape index (κ1) is 15.4. The van der Waals surface area contributed by atoms with E-state index in [1.54, 1.807) is 24.5 Å². The molecule has 7 nitrogen and oxygen atoms in total. The first-order valence-corrected chi connectivity index (χ1v) is 6.57. The average Bonchev–Trinajstić information content (AvgIpc) is 3.17. The zero-order valence-corrected chi connectivity index (χ0v) is 12.1. The van der Waals surface area contributed by atoms with Crippen LogP contribution in [0.4, 0.5) is 0 Å². The number of aromatic nitrogens is 3. The van der Waals surface area contributed by atoms with Gasteiger partial charge in [-0.1, -0.05) is 5.16 Å². The van der Waals surface area contributed by atoms with Gasteiger partial charge in [0.25, 0.3) is 0 Å². The lowest BCUT2D eigenvalue weighted by Gasteiger charge is -2.08. The van der Waals surface area contributed by atoms with Crippen LogP contribution in [0, 0.1) is 0 Å². The third kappa shape index (κ3) is 3.77. The van der Waals surface area contributed by atoms with E-state index in [-0.39, 0.29) is 30.9 Å². The van der Waals surface area contributed by atoms with E-state index in [1.165, 1.54) is 0 Å². The van der Waals surface area contributed by atoms with Crippen LogP contribution in [0.3, 0.4) is 0 Å². The molecule has 112 valence electrons. The van der Waals surface area contributed by atoms with Crippen LogP contribution in [0.25, 0.3) is 11.4 Å². The van der Waals surface area contributed by atoms with Crippen LogP contribution in [0.2, 0.25) is 0 Å².